The van der Waals surface area contributed by atoms with Crippen LogP contribution in [0, 0.1) is 26.6 Å². The van der Waals surface area contributed by atoms with E-state index in [-0.39, 0.29) is 115 Å². The number of aromatic hydroxyl groups is 2. The maximum absolute atomic E-state index is 13.4. The first kappa shape index (κ1) is 83.8. The minimum atomic E-state index is -0.292. The van der Waals surface area contributed by atoms with Gasteiger partial charge in [-0.05, 0) is 219 Å². The van der Waals surface area contributed by atoms with Gasteiger partial charge in [0.25, 0.3) is 0 Å². The number of halogens is 1. The summed E-state index contributed by atoms with van der Waals surface area (Å²) in [4.78, 5) is 156. The molecule has 0 saturated carbocycles. The summed E-state index contributed by atoms with van der Waals surface area (Å²) in [6.07, 6.45) is 25.2. The zero-order chi connectivity index (χ0) is 87.5. The second kappa shape index (κ2) is 37.2. The molecule has 125 heavy (non-hydrogen) atoms. The first-order valence-electron chi connectivity index (χ1n) is 40.1. The molecule has 0 atom stereocenters. The van der Waals surface area contributed by atoms with Gasteiger partial charge in [0, 0.05) is 162 Å². The Balaban J connectivity index is 0.000000121. The molecule has 0 amide bonds. The molecule has 0 saturated heterocycles. The number of ether oxygens (including phenoxy) is 1. The van der Waals surface area contributed by atoms with Crippen molar-refractivity contribution >= 4 is 101 Å². The van der Waals surface area contributed by atoms with E-state index >= 15 is 0 Å². The van der Waals surface area contributed by atoms with Crippen molar-refractivity contribution in [3.05, 3.63) is 367 Å². The number of hydrogen-bond donors (Lipinski definition) is 11. The fraction of sp³-hybridized carbons (Fsp3) is 0.144. The molecule has 11 N–H and O–H groups in total. The van der Waals surface area contributed by atoms with E-state index in [0.29, 0.717) is 103 Å². The van der Waals surface area contributed by atoms with Crippen LogP contribution in [0.5, 0.6) is 17.2 Å². The Morgan fingerprint density at radius 3 is 0.984 bits per heavy atom. The average Bonchev–Trinajstić information content (AvgIpc) is 1.77. The van der Waals surface area contributed by atoms with Crippen molar-refractivity contribution in [2.45, 2.75) is 52.9 Å². The molecule has 5 aromatic carbocycles. The molecule has 5 aliphatic rings. The number of methoxy groups -OCH3 is 1. The number of aromatic nitrogens is 9. The Labute approximate surface area is 713 Å². The lowest BCUT2D eigenvalue weighted by Gasteiger charge is -2.16. The summed E-state index contributed by atoms with van der Waals surface area (Å²) in [5.74, 6) is -1.34. The van der Waals surface area contributed by atoms with Gasteiger partial charge in [0.1, 0.15) is 51.5 Å². The van der Waals surface area contributed by atoms with E-state index in [9.17, 15) is 62.5 Å². The van der Waals surface area contributed by atoms with Crippen LogP contribution in [0.25, 0.3) is 43.6 Å². The number of carbonyl (C=O) groups is 10. The smallest absolute Gasteiger partial charge is 0.228 e. The van der Waals surface area contributed by atoms with Gasteiger partial charge in [0.2, 0.25) is 28.9 Å². The lowest BCUT2D eigenvalue weighted by Crippen LogP contribution is -2.29. The van der Waals surface area contributed by atoms with Crippen LogP contribution < -0.4 is 31.3 Å². The lowest BCUT2D eigenvalue weighted by molar-refractivity contribution is 0.0974. The molecule has 0 fully saturated rings. The molecule has 0 aliphatic heterocycles. The van der Waals surface area contributed by atoms with Crippen LogP contribution in [-0.4, -0.2) is 153 Å². The number of aryl methyl sites for hydroxylation is 3. The average molecular weight is 1670 g/mol. The first-order valence-corrected chi connectivity index (χ1v) is 40.1. The summed E-state index contributed by atoms with van der Waals surface area (Å²) in [6, 6.07) is 42.0. The predicted molar refractivity (Wildman–Crippen MR) is 467 cm³/mol. The van der Waals surface area contributed by atoms with Gasteiger partial charge in [-0.25, -0.2) is 4.39 Å². The molecule has 9 heterocycles. The third-order valence-corrected chi connectivity index (χ3v) is 21.5. The molecule has 14 aromatic rings. The van der Waals surface area contributed by atoms with E-state index in [1.165, 1.54) is 90.0 Å². The molecule has 5 aliphatic carbocycles. The van der Waals surface area contributed by atoms with Gasteiger partial charge in [-0.2, -0.15) is 0 Å². The fourth-order valence-corrected chi connectivity index (χ4v) is 15.2. The Bertz CT molecular complexity index is 6490. The minimum Gasteiger partial charge on any atom is -0.508 e. The SMILES string of the molecule is COc1ccc2[nH]cc(CCNC3=CC(=O)c4cccnc4C3=O)c2c1.Cc1cc(CCNC2=CC(=O)c3cccnc3C2=O)cc(C)c1O.Cc1ccc2[nH]cc(CCNC3=CC(=O)c4cccnc4C3=O)c2c1.O=C1C=C(NCCc2c[nH]c3ccc(F)cc23)C(=O)c2ncccc21.O=C1C=C(NCCc2c[nH]c3ccc(O)cc23)C(=O)c2ncccc21. The van der Waals surface area contributed by atoms with Crippen molar-refractivity contribution in [1.82, 2.24) is 71.4 Å². The van der Waals surface area contributed by atoms with Crippen molar-refractivity contribution in [3.63, 3.8) is 0 Å². The van der Waals surface area contributed by atoms with Crippen LogP contribution in [0.1, 0.15) is 149 Å². The van der Waals surface area contributed by atoms with Gasteiger partial charge < -0.3 is 61.5 Å². The second-order valence-electron chi connectivity index (χ2n) is 29.9. The van der Waals surface area contributed by atoms with Gasteiger partial charge in [0.15, 0.2) is 28.9 Å². The number of fused-ring (bicyclic) bond motifs is 9. The number of rotatable bonds is 21. The van der Waals surface area contributed by atoms with Crippen molar-refractivity contribution in [3.8, 4) is 17.2 Å². The van der Waals surface area contributed by atoms with Crippen LogP contribution in [0.4, 0.5) is 4.39 Å². The number of hydrogen-bond acceptors (Lipinski definition) is 23. The zero-order valence-electron chi connectivity index (χ0n) is 68.0. The Morgan fingerprint density at radius 2 is 0.640 bits per heavy atom. The van der Waals surface area contributed by atoms with E-state index in [1.54, 1.807) is 86.0 Å². The lowest BCUT2D eigenvalue weighted by atomic mass is 9.97. The summed E-state index contributed by atoms with van der Waals surface area (Å²) in [7, 11) is 1.64. The standard InChI is InChI=1S/C20H17N3O3.C20H17N3O2.C19H14FN3O2.C19H15N3O3.C19H18N2O3/c1-26-13-4-5-16-15(9-13)12(11-23-16)6-8-21-17-10-18(24)14-3-2-7-22-19(14)20(17)25;1-12-4-5-16-15(9-12)13(11-23-16)6-8-21-17-10-18(24)14-3-2-7-22-19(14)20(17)25;20-12-3-4-15-14(8-12)11(10-23-15)5-7-21-16-9-17(24)13-2-1-6-22-18(13)19(16)25;23-12-3-4-15-14(8-12)11(10-22-15)5-7-20-16-9-17(24)13-2-1-6-21-18(13)19(16)25;1-11-8-13(9-12(2)18(11)23)5-7-20-15-10-16(22)14-4-3-6-21-17(14)19(15)24/h2-5,7,9-11,21,23H,6,8H2,1H3;2-5,7,9-11,21,23H,6,8H2,1H3;1-4,6,8-10,21,23H,5,7H2;1-4,6,8-10,20,22-23H,5,7H2;3-4,6,8-10,20,23H,5,7H2,1-2H3. The normalized spacial score (nSPS) is 13.6. The summed E-state index contributed by atoms with van der Waals surface area (Å²) >= 11 is 0. The quantitative estimate of drug-likeness (QED) is 0.0318. The molecule has 0 radical (unpaired) electrons. The zero-order valence-corrected chi connectivity index (χ0v) is 68.0. The van der Waals surface area contributed by atoms with Crippen LogP contribution in [-0.2, 0) is 32.1 Å². The van der Waals surface area contributed by atoms with E-state index in [1.807, 2.05) is 75.0 Å². The van der Waals surface area contributed by atoms with Crippen LogP contribution in [0.15, 0.2) is 260 Å². The van der Waals surface area contributed by atoms with Crippen LogP contribution in [0.3, 0.4) is 0 Å². The highest BCUT2D eigenvalue weighted by Crippen LogP contribution is 2.30. The summed E-state index contributed by atoms with van der Waals surface area (Å²) in [6.45, 7) is 8.30. The highest BCUT2D eigenvalue weighted by molar-refractivity contribution is 6.26. The van der Waals surface area contributed by atoms with Crippen molar-refractivity contribution < 1.29 is 67.3 Å². The number of allylic oxidation sites excluding steroid dienone is 10. The van der Waals surface area contributed by atoms with Crippen LogP contribution >= 0.6 is 0 Å². The summed E-state index contributed by atoms with van der Waals surface area (Å²) in [5.41, 5.74) is 16.2. The maximum atomic E-state index is 13.4. The van der Waals surface area contributed by atoms with Crippen molar-refractivity contribution in [1.29, 1.82) is 0 Å². The van der Waals surface area contributed by atoms with Gasteiger partial charge in [-0.3, -0.25) is 72.9 Å². The number of phenolic OH excluding ortho intramolecular Hbond substituents is 2. The third-order valence-electron chi connectivity index (χ3n) is 21.5. The fourth-order valence-electron chi connectivity index (χ4n) is 15.2. The van der Waals surface area contributed by atoms with E-state index in [4.69, 9.17) is 4.74 Å². The summed E-state index contributed by atoms with van der Waals surface area (Å²) < 4.78 is 18.7. The molecule has 0 spiro atoms. The van der Waals surface area contributed by atoms with Crippen molar-refractivity contribution in [2.24, 2.45) is 0 Å². The second-order valence-corrected chi connectivity index (χ2v) is 29.9. The number of H-pyrrole nitrogens is 4. The number of Topliss-reactive ketones (excluding diaryl/α,β-unsaturated/α-hetero) is 5. The Hall–Kier alpha value is -16.3. The Morgan fingerprint density at radius 1 is 0.344 bits per heavy atom. The highest BCUT2D eigenvalue weighted by Gasteiger charge is 2.32. The predicted octanol–water partition coefficient (Wildman–Crippen LogP) is 13.3. The molecular formula is C97H81FN14O13. The number of pyridine rings is 5. The largest absolute Gasteiger partial charge is 0.508 e. The molecule has 19 rings (SSSR count). The molecule has 27 nitrogen and oxygen atoms in total. The number of ketones is 10. The molecule has 624 valence electrons. The molecule has 0 bridgehead atoms. The third kappa shape index (κ3) is 18.6. The highest BCUT2D eigenvalue weighted by atomic mass is 19.1. The number of nitrogens with one attached hydrogen (secondary N) is 9. The van der Waals surface area contributed by atoms with Gasteiger partial charge in [0.05, 0.1) is 63.4 Å². The first-order chi connectivity index (χ1) is 60.5. The minimum absolute atomic E-state index is 0.173. The van der Waals surface area contributed by atoms with E-state index in [2.05, 4.69) is 96.6 Å². The monoisotopic (exact) mass is 1670 g/mol. The molecule has 28 heteroatoms. The molecule has 0 unspecified atom stereocenters. The topological polar surface area (TPSA) is 408 Å². The number of benzene rings is 5. The number of nitrogens with zero attached hydrogens (tertiary/aromatic N) is 5. The molecule has 9 aromatic heterocycles. The molecular weight excluding hydrogens is 1590 g/mol. The van der Waals surface area contributed by atoms with Gasteiger partial charge in [-0.1, -0.05) is 23.8 Å². The number of aromatic amines is 4. The van der Waals surface area contributed by atoms with Gasteiger partial charge in [-0.15, -0.1) is 0 Å². The Kier molecular flexibility index (Phi) is 24.9. The maximum Gasteiger partial charge on any atom is 0.228 e. The van der Waals surface area contributed by atoms with Gasteiger partial charge >= 0.3 is 0 Å². The number of carbonyl (C=O) groups excluding carboxylic acids is 10. The van der Waals surface area contributed by atoms with Crippen LogP contribution in [0.2, 0.25) is 0 Å². The number of phenols is 2. The van der Waals surface area contributed by atoms with E-state index < -0.39 is 0 Å². The van der Waals surface area contributed by atoms with E-state index in [0.717, 1.165) is 83.8 Å². The summed E-state index contributed by atoms with van der Waals surface area (Å²) in [5, 5.41) is 38.7. The van der Waals surface area contributed by atoms with Crippen molar-refractivity contribution in [2.75, 3.05) is 39.8 Å².